The summed E-state index contributed by atoms with van der Waals surface area (Å²) in [5, 5.41) is 12.9. The fourth-order valence-electron chi connectivity index (χ4n) is 1.51. The highest BCUT2D eigenvalue weighted by molar-refractivity contribution is 6.30. The smallest absolute Gasteiger partial charge is 0.101 e. The van der Waals surface area contributed by atoms with Gasteiger partial charge in [0.15, 0.2) is 0 Å². The Morgan fingerprint density at radius 3 is 2.79 bits per heavy atom. The van der Waals surface area contributed by atoms with E-state index in [4.69, 9.17) is 16.9 Å². The lowest BCUT2D eigenvalue weighted by atomic mass is 9.92. The third-order valence-electron chi connectivity index (χ3n) is 2.57. The molecule has 1 fully saturated rings. The van der Waals surface area contributed by atoms with Crippen LogP contribution in [0.5, 0.6) is 0 Å². The van der Waals surface area contributed by atoms with E-state index in [2.05, 4.69) is 11.4 Å². The van der Waals surface area contributed by atoms with E-state index < -0.39 is 0 Å². The standard InChI is InChI=1S/C11H11ClN2/c12-9-4-5-11(8(6-9)7-13)14-10-2-1-3-10/h4-6,10,14H,1-3H2. The van der Waals surface area contributed by atoms with Crippen LogP contribution in [0.2, 0.25) is 5.02 Å². The third kappa shape index (κ3) is 1.83. The van der Waals surface area contributed by atoms with Gasteiger partial charge in [-0.05, 0) is 37.5 Å². The number of nitrogens with zero attached hydrogens (tertiary/aromatic N) is 1. The van der Waals surface area contributed by atoms with Crippen LogP contribution in [-0.2, 0) is 0 Å². The normalized spacial score (nSPS) is 15.7. The molecule has 0 aliphatic heterocycles. The van der Waals surface area contributed by atoms with Crippen molar-refractivity contribution in [3.8, 4) is 6.07 Å². The van der Waals surface area contributed by atoms with Gasteiger partial charge in [-0.3, -0.25) is 0 Å². The summed E-state index contributed by atoms with van der Waals surface area (Å²) < 4.78 is 0. The van der Waals surface area contributed by atoms with Gasteiger partial charge in [-0.2, -0.15) is 5.26 Å². The van der Waals surface area contributed by atoms with Crippen LogP contribution in [0.25, 0.3) is 0 Å². The molecule has 1 aliphatic rings. The Morgan fingerprint density at radius 2 is 2.21 bits per heavy atom. The molecule has 0 radical (unpaired) electrons. The average Bonchev–Trinajstić information content (AvgIpc) is 2.13. The van der Waals surface area contributed by atoms with Gasteiger partial charge in [-0.1, -0.05) is 11.6 Å². The first kappa shape index (κ1) is 9.36. The average molecular weight is 207 g/mol. The highest BCUT2D eigenvalue weighted by Crippen LogP contribution is 2.26. The molecule has 0 saturated heterocycles. The van der Waals surface area contributed by atoms with Crippen molar-refractivity contribution < 1.29 is 0 Å². The van der Waals surface area contributed by atoms with Crippen molar-refractivity contribution in [1.29, 1.82) is 5.26 Å². The zero-order valence-corrected chi connectivity index (χ0v) is 8.51. The second-order valence-electron chi connectivity index (χ2n) is 3.57. The number of nitriles is 1. The van der Waals surface area contributed by atoms with E-state index in [1.807, 2.05) is 12.1 Å². The largest absolute Gasteiger partial charge is 0.381 e. The number of rotatable bonds is 2. The van der Waals surface area contributed by atoms with E-state index in [1.165, 1.54) is 19.3 Å². The lowest BCUT2D eigenvalue weighted by Gasteiger charge is -2.27. The molecule has 0 aromatic heterocycles. The molecule has 1 aromatic rings. The number of nitrogens with one attached hydrogen (secondary N) is 1. The Labute approximate surface area is 88.5 Å². The van der Waals surface area contributed by atoms with Gasteiger partial charge in [0.05, 0.1) is 11.3 Å². The summed E-state index contributed by atoms with van der Waals surface area (Å²) in [6.07, 6.45) is 3.69. The van der Waals surface area contributed by atoms with Crippen LogP contribution in [0, 0.1) is 11.3 Å². The SMILES string of the molecule is N#Cc1cc(Cl)ccc1NC1CCC1. The van der Waals surface area contributed by atoms with E-state index in [-0.39, 0.29) is 0 Å². The van der Waals surface area contributed by atoms with Gasteiger partial charge < -0.3 is 5.32 Å². The molecule has 72 valence electrons. The minimum Gasteiger partial charge on any atom is -0.381 e. The highest BCUT2D eigenvalue weighted by atomic mass is 35.5. The van der Waals surface area contributed by atoms with E-state index in [0.717, 1.165) is 5.69 Å². The summed E-state index contributed by atoms with van der Waals surface area (Å²) >= 11 is 5.80. The molecule has 0 unspecified atom stereocenters. The lowest BCUT2D eigenvalue weighted by Crippen LogP contribution is -2.27. The van der Waals surface area contributed by atoms with Crippen molar-refractivity contribution in [2.45, 2.75) is 25.3 Å². The molecule has 1 aliphatic carbocycles. The molecule has 3 heteroatoms. The highest BCUT2D eigenvalue weighted by Gasteiger charge is 2.17. The Kier molecular flexibility index (Phi) is 2.60. The molecular formula is C11H11ClN2. The van der Waals surface area contributed by atoms with Crippen molar-refractivity contribution in [3.05, 3.63) is 28.8 Å². The van der Waals surface area contributed by atoms with E-state index >= 15 is 0 Å². The number of halogens is 1. The number of benzene rings is 1. The van der Waals surface area contributed by atoms with E-state index in [0.29, 0.717) is 16.6 Å². The molecule has 0 bridgehead atoms. The van der Waals surface area contributed by atoms with Crippen molar-refractivity contribution in [2.24, 2.45) is 0 Å². The van der Waals surface area contributed by atoms with Crippen LogP contribution in [0.1, 0.15) is 24.8 Å². The van der Waals surface area contributed by atoms with Crippen LogP contribution < -0.4 is 5.32 Å². The number of anilines is 1. The van der Waals surface area contributed by atoms with Gasteiger partial charge >= 0.3 is 0 Å². The molecule has 0 atom stereocenters. The van der Waals surface area contributed by atoms with Gasteiger partial charge in [0.2, 0.25) is 0 Å². The Hall–Kier alpha value is -1.20. The number of hydrogen-bond acceptors (Lipinski definition) is 2. The van der Waals surface area contributed by atoms with Crippen LogP contribution in [0.15, 0.2) is 18.2 Å². The Balaban J connectivity index is 2.19. The van der Waals surface area contributed by atoms with Crippen LogP contribution in [0.3, 0.4) is 0 Å². The molecule has 14 heavy (non-hydrogen) atoms. The molecule has 0 spiro atoms. The molecule has 1 N–H and O–H groups in total. The summed E-state index contributed by atoms with van der Waals surface area (Å²) in [5.41, 5.74) is 1.53. The van der Waals surface area contributed by atoms with E-state index in [1.54, 1.807) is 6.07 Å². The summed E-state index contributed by atoms with van der Waals surface area (Å²) in [7, 11) is 0. The van der Waals surface area contributed by atoms with Crippen molar-refractivity contribution in [2.75, 3.05) is 5.32 Å². The van der Waals surface area contributed by atoms with Crippen LogP contribution in [-0.4, -0.2) is 6.04 Å². The maximum absolute atomic E-state index is 8.90. The molecular weight excluding hydrogens is 196 g/mol. The summed E-state index contributed by atoms with van der Waals surface area (Å²) in [6.45, 7) is 0. The van der Waals surface area contributed by atoms with Gasteiger partial charge in [0.1, 0.15) is 6.07 Å². The molecule has 1 saturated carbocycles. The van der Waals surface area contributed by atoms with Gasteiger partial charge in [0.25, 0.3) is 0 Å². The summed E-state index contributed by atoms with van der Waals surface area (Å²) in [6, 6.07) is 8.07. The lowest BCUT2D eigenvalue weighted by molar-refractivity contribution is 0.445. The molecule has 1 aromatic carbocycles. The van der Waals surface area contributed by atoms with Gasteiger partial charge in [-0.15, -0.1) is 0 Å². The van der Waals surface area contributed by atoms with Crippen LogP contribution >= 0.6 is 11.6 Å². The molecule has 0 amide bonds. The monoisotopic (exact) mass is 206 g/mol. The first-order valence-corrected chi connectivity index (χ1v) is 5.13. The predicted molar refractivity (Wildman–Crippen MR) is 57.4 cm³/mol. The van der Waals surface area contributed by atoms with Gasteiger partial charge in [0, 0.05) is 11.1 Å². The first-order chi connectivity index (χ1) is 6.79. The first-order valence-electron chi connectivity index (χ1n) is 4.76. The quantitative estimate of drug-likeness (QED) is 0.807. The van der Waals surface area contributed by atoms with Crippen LogP contribution in [0.4, 0.5) is 5.69 Å². The van der Waals surface area contributed by atoms with Crippen molar-refractivity contribution in [1.82, 2.24) is 0 Å². The fraction of sp³-hybridized carbons (Fsp3) is 0.364. The minimum absolute atomic E-state index is 0.545. The second-order valence-corrected chi connectivity index (χ2v) is 4.01. The molecule has 2 rings (SSSR count). The molecule has 2 nitrogen and oxygen atoms in total. The topological polar surface area (TPSA) is 35.8 Å². The third-order valence-corrected chi connectivity index (χ3v) is 2.80. The maximum Gasteiger partial charge on any atom is 0.101 e. The van der Waals surface area contributed by atoms with E-state index in [9.17, 15) is 0 Å². The Bertz CT molecular complexity index is 377. The Morgan fingerprint density at radius 1 is 1.43 bits per heavy atom. The minimum atomic E-state index is 0.545. The zero-order chi connectivity index (χ0) is 9.97. The summed E-state index contributed by atoms with van der Waals surface area (Å²) in [4.78, 5) is 0. The second kappa shape index (κ2) is 3.89. The zero-order valence-electron chi connectivity index (χ0n) is 7.76. The fourth-order valence-corrected chi connectivity index (χ4v) is 1.68. The molecule has 0 heterocycles. The predicted octanol–water partition coefficient (Wildman–Crippen LogP) is 3.18. The van der Waals surface area contributed by atoms with Gasteiger partial charge in [-0.25, -0.2) is 0 Å². The van der Waals surface area contributed by atoms with Crippen molar-refractivity contribution in [3.63, 3.8) is 0 Å². The summed E-state index contributed by atoms with van der Waals surface area (Å²) in [5.74, 6) is 0. The maximum atomic E-state index is 8.90. The van der Waals surface area contributed by atoms with Crippen molar-refractivity contribution >= 4 is 17.3 Å². The number of hydrogen-bond donors (Lipinski definition) is 1.